The minimum atomic E-state index is -0.938. The Morgan fingerprint density at radius 3 is 1.24 bits per heavy atom. The summed E-state index contributed by atoms with van der Waals surface area (Å²) in [5.74, 6) is 0. The second-order valence-electron chi connectivity index (χ2n) is 3.97. The molecule has 0 aliphatic rings. The molecule has 0 bridgehead atoms. The van der Waals surface area contributed by atoms with Gasteiger partial charge in [-0.2, -0.15) is 0 Å². The molecule has 5 heteroatoms. The lowest BCUT2D eigenvalue weighted by molar-refractivity contribution is 0.236. The van der Waals surface area contributed by atoms with Crippen LogP contribution in [-0.2, 0) is 0 Å². The lowest BCUT2D eigenvalue weighted by Gasteiger charge is -1.97. The fraction of sp³-hybridized carbons (Fsp3) is 0.833. The molecular weight excluding hydrogens is 218 g/mol. The maximum atomic E-state index is 9.62. The van der Waals surface area contributed by atoms with Crippen LogP contribution in [0.1, 0.15) is 65.2 Å². The molecule has 0 aliphatic carbocycles. The van der Waals surface area contributed by atoms with Gasteiger partial charge < -0.3 is 11.5 Å². The van der Waals surface area contributed by atoms with Gasteiger partial charge in [-0.05, 0) is 0 Å². The van der Waals surface area contributed by atoms with Crippen molar-refractivity contribution in [3.05, 3.63) is 0 Å². The van der Waals surface area contributed by atoms with Crippen LogP contribution in [0.4, 0.5) is 9.59 Å². The average molecular weight is 245 g/mol. The zero-order chi connectivity index (χ0) is 13.5. The van der Waals surface area contributed by atoms with Crippen molar-refractivity contribution in [1.29, 1.82) is 0 Å². The van der Waals surface area contributed by atoms with Crippen LogP contribution in [0.25, 0.3) is 0 Å². The number of amides is 4. The smallest absolute Gasteiger partial charge is 0.320 e. The van der Waals surface area contributed by atoms with Gasteiger partial charge in [0, 0.05) is 0 Å². The van der Waals surface area contributed by atoms with Gasteiger partial charge in [0.05, 0.1) is 0 Å². The van der Waals surface area contributed by atoms with Gasteiger partial charge >= 0.3 is 12.1 Å². The number of primary amides is 2. The Hall–Kier alpha value is -1.26. The van der Waals surface area contributed by atoms with Crippen molar-refractivity contribution in [3.63, 3.8) is 0 Å². The minimum Gasteiger partial charge on any atom is -0.351 e. The van der Waals surface area contributed by atoms with Crippen LogP contribution in [-0.4, -0.2) is 12.1 Å². The van der Waals surface area contributed by atoms with Gasteiger partial charge in [0.1, 0.15) is 0 Å². The van der Waals surface area contributed by atoms with E-state index in [0.29, 0.717) is 0 Å². The molecule has 0 saturated carbocycles. The molecular formula is C12H27N3O2. The van der Waals surface area contributed by atoms with E-state index in [-0.39, 0.29) is 0 Å². The summed E-state index contributed by atoms with van der Waals surface area (Å²) in [5, 5.41) is 1.58. The number of nitrogens with two attached hydrogens (primary N) is 2. The van der Waals surface area contributed by atoms with Crippen molar-refractivity contribution in [3.8, 4) is 0 Å². The number of imide groups is 1. The van der Waals surface area contributed by atoms with E-state index in [1.54, 1.807) is 5.32 Å². The lowest BCUT2D eigenvalue weighted by Crippen LogP contribution is -2.38. The van der Waals surface area contributed by atoms with Gasteiger partial charge in [-0.3, -0.25) is 5.32 Å². The van der Waals surface area contributed by atoms with Crippen molar-refractivity contribution in [1.82, 2.24) is 5.32 Å². The molecule has 5 nitrogen and oxygen atoms in total. The first-order chi connectivity index (χ1) is 8.04. The van der Waals surface area contributed by atoms with Crippen LogP contribution < -0.4 is 16.8 Å². The Kier molecular flexibility index (Phi) is 15.7. The Balaban J connectivity index is 0. The number of nitrogens with one attached hydrogen (secondary N) is 1. The molecule has 17 heavy (non-hydrogen) atoms. The summed E-state index contributed by atoms with van der Waals surface area (Å²) in [7, 11) is 0. The van der Waals surface area contributed by atoms with Crippen LogP contribution in [0.3, 0.4) is 0 Å². The van der Waals surface area contributed by atoms with Crippen molar-refractivity contribution in [2.75, 3.05) is 0 Å². The number of carbonyl (C=O) groups is 2. The highest BCUT2D eigenvalue weighted by Crippen LogP contribution is 2.07. The van der Waals surface area contributed by atoms with E-state index in [1.807, 2.05) is 0 Å². The molecule has 5 N–H and O–H groups in total. The van der Waals surface area contributed by atoms with Gasteiger partial charge in [-0.1, -0.05) is 65.2 Å². The number of carbonyl (C=O) groups excluding carboxylic acids is 2. The number of hydrogen-bond acceptors (Lipinski definition) is 2. The first-order valence-electron chi connectivity index (χ1n) is 6.40. The number of rotatable bonds is 7. The molecule has 102 valence electrons. The van der Waals surface area contributed by atoms with Crippen LogP contribution >= 0.6 is 0 Å². The van der Waals surface area contributed by atoms with Gasteiger partial charge in [0.25, 0.3) is 0 Å². The van der Waals surface area contributed by atoms with E-state index >= 15 is 0 Å². The standard InChI is InChI=1S/C10H22.C2H5N3O2/c1-3-5-7-9-10-8-6-4-2;3-1(6)5-2(4)7/h3-10H2,1-2H3;(H5,3,4,5,6,7). The summed E-state index contributed by atoms with van der Waals surface area (Å²) in [4.78, 5) is 19.2. The third-order valence-corrected chi connectivity index (χ3v) is 2.20. The van der Waals surface area contributed by atoms with Crippen molar-refractivity contribution < 1.29 is 9.59 Å². The third-order valence-electron chi connectivity index (χ3n) is 2.20. The molecule has 0 saturated heterocycles. The largest absolute Gasteiger partial charge is 0.351 e. The lowest BCUT2D eigenvalue weighted by atomic mass is 10.1. The normalized spacial score (nSPS) is 9.06. The van der Waals surface area contributed by atoms with Gasteiger partial charge in [-0.25, -0.2) is 9.59 Å². The van der Waals surface area contributed by atoms with Crippen LogP contribution in [0.2, 0.25) is 0 Å². The Morgan fingerprint density at radius 2 is 1.06 bits per heavy atom. The Labute approximate surface area is 104 Å². The van der Waals surface area contributed by atoms with Gasteiger partial charge in [0.15, 0.2) is 0 Å². The van der Waals surface area contributed by atoms with Crippen molar-refractivity contribution in [2.24, 2.45) is 11.5 Å². The van der Waals surface area contributed by atoms with Gasteiger partial charge in [0.2, 0.25) is 0 Å². The topological polar surface area (TPSA) is 98.2 Å². The summed E-state index contributed by atoms with van der Waals surface area (Å²) in [6.07, 6.45) is 11.5. The highest BCUT2D eigenvalue weighted by Gasteiger charge is 1.92. The highest BCUT2D eigenvalue weighted by molar-refractivity contribution is 5.91. The monoisotopic (exact) mass is 245 g/mol. The number of hydrogen-bond donors (Lipinski definition) is 3. The quantitative estimate of drug-likeness (QED) is 0.601. The molecule has 0 fully saturated rings. The predicted octanol–water partition coefficient (Wildman–Crippen LogP) is 2.88. The van der Waals surface area contributed by atoms with Crippen molar-refractivity contribution in [2.45, 2.75) is 65.2 Å². The van der Waals surface area contributed by atoms with Crippen LogP contribution in [0, 0.1) is 0 Å². The fourth-order valence-electron chi connectivity index (χ4n) is 1.33. The Bertz CT molecular complexity index is 176. The molecule has 4 amide bonds. The SMILES string of the molecule is CCCCCCCCCC.NC(=O)NC(N)=O. The predicted molar refractivity (Wildman–Crippen MR) is 70.6 cm³/mol. The number of unbranched alkanes of at least 4 members (excludes halogenated alkanes) is 7. The molecule has 0 unspecified atom stereocenters. The summed E-state index contributed by atoms with van der Waals surface area (Å²) in [6, 6.07) is -1.88. The minimum absolute atomic E-state index is 0.937. The average Bonchev–Trinajstić information content (AvgIpc) is 2.22. The second-order valence-corrected chi connectivity index (χ2v) is 3.97. The maximum absolute atomic E-state index is 9.62. The molecule has 0 rings (SSSR count). The molecule has 0 aromatic heterocycles. The van der Waals surface area contributed by atoms with Crippen LogP contribution in [0.15, 0.2) is 0 Å². The van der Waals surface area contributed by atoms with E-state index in [0.717, 1.165) is 0 Å². The van der Waals surface area contributed by atoms with E-state index in [4.69, 9.17) is 0 Å². The highest BCUT2D eigenvalue weighted by atomic mass is 16.2. The van der Waals surface area contributed by atoms with E-state index in [1.165, 1.54) is 51.4 Å². The molecule has 0 radical (unpaired) electrons. The van der Waals surface area contributed by atoms with E-state index < -0.39 is 12.1 Å². The summed E-state index contributed by atoms with van der Waals surface area (Å²) in [5.41, 5.74) is 8.88. The summed E-state index contributed by atoms with van der Waals surface area (Å²) >= 11 is 0. The number of urea groups is 2. The summed E-state index contributed by atoms with van der Waals surface area (Å²) in [6.45, 7) is 4.54. The molecule has 0 spiro atoms. The zero-order valence-electron chi connectivity index (χ0n) is 11.1. The molecule has 0 aromatic rings. The fourth-order valence-corrected chi connectivity index (χ4v) is 1.33. The molecule has 0 aromatic carbocycles. The molecule has 0 heterocycles. The van der Waals surface area contributed by atoms with E-state index in [9.17, 15) is 9.59 Å². The Morgan fingerprint density at radius 1 is 0.765 bits per heavy atom. The third kappa shape index (κ3) is 25.2. The van der Waals surface area contributed by atoms with Crippen molar-refractivity contribution >= 4 is 12.1 Å². The van der Waals surface area contributed by atoms with Gasteiger partial charge in [-0.15, -0.1) is 0 Å². The second kappa shape index (κ2) is 14.7. The molecule has 0 atom stereocenters. The first-order valence-corrected chi connectivity index (χ1v) is 6.40. The van der Waals surface area contributed by atoms with E-state index in [2.05, 4.69) is 25.3 Å². The zero-order valence-corrected chi connectivity index (χ0v) is 11.1. The van der Waals surface area contributed by atoms with Crippen LogP contribution in [0.5, 0.6) is 0 Å². The summed E-state index contributed by atoms with van der Waals surface area (Å²) < 4.78 is 0. The first kappa shape index (κ1) is 18.1. The maximum Gasteiger partial charge on any atom is 0.320 e. The molecule has 0 aliphatic heterocycles.